The monoisotopic (exact) mass is 221 g/mol. The van der Waals surface area contributed by atoms with Crippen LogP contribution in [0.15, 0.2) is 0 Å². The lowest BCUT2D eigenvalue weighted by Crippen LogP contribution is -2.36. The maximum absolute atomic E-state index is 11.2. The largest absolute Gasteiger partial charge is 0.393 e. The molecule has 1 rings (SSSR count). The summed E-state index contributed by atoms with van der Waals surface area (Å²) in [6.07, 6.45) is 5.17. The standard InChI is InChI=1S/C8H15NO2S2/c1-12-13-8(11)9-6-2-4-7(10)5-3-6/h6-7,10H,2-5H2,1H3,(H,9,11). The molecule has 1 fully saturated rings. The van der Waals surface area contributed by atoms with E-state index in [2.05, 4.69) is 5.32 Å². The molecule has 0 saturated heterocycles. The van der Waals surface area contributed by atoms with Gasteiger partial charge in [0, 0.05) is 16.8 Å². The van der Waals surface area contributed by atoms with Crippen molar-refractivity contribution < 1.29 is 9.90 Å². The van der Waals surface area contributed by atoms with E-state index in [9.17, 15) is 9.90 Å². The fraction of sp³-hybridized carbons (Fsp3) is 0.875. The Balaban J connectivity index is 2.18. The third-order valence-corrected chi connectivity index (χ3v) is 3.57. The van der Waals surface area contributed by atoms with Gasteiger partial charge in [-0.3, -0.25) is 4.79 Å². The second kappa shape index (κ2) is 5.78. The predicted molar refractivity (Wildman–Crippen MR) is 57.9 cm³/mol. The molecule has 13 heavy (non-hydrogen) atoms. The Morgan fingerprint density at radius 2 is 2.00 bits per heavy atom. The zero-order valence-electron chi connectivity index (χ0n) is 7.66. The lowest BCUT2D eigenvalue weighted by atomic mass is 9.93. The molecule has 0 aromatic heterocycles. The van der Waals surface area contributed by atoms with E-state index in [0.717, 1.165) is 25.7 Å². The highest BCUT2D eigenvalue weighted by molar-refractivity contribution is 8.81. The van der Waals surface area contributed by atoms with Gasteiger partial charge in [-0.25, -0.2) is 0 Å². The highest BCUT2D eigenvalue weighted by Crippen LogP contribution is 2.22. The molecule has 5 heteroatoms. The number of rotatable bonds is 2. The van der Waals surface area contributed by atoms with Crippen molar-refractivity contribution in [2.75, 3.05) is 6.26 Å². The Morgan fingerprint density at radius 1 is 1.38 bits per heavy atom. The summed E-state index contributed by atoms with van der Waals surface area (Å²) in [7, 11) is 2.68. The van der Waals surface area contributed by atoms with E-state index in [1.165, 1.54) is 21.6 Å². The normalized spacial score (nSPS) is 28.5. The molecule has 0 aromatic rings. The highest BCUT2D eigenvalue weighted by Gasteiger charge is 2.20. The van der Waals surface area contributed by atoms with Crippen molar-refractivity contribution in [1.29, 1.82) is 0 Å². The molecule has 76 valence electrons. The van der Waals surface area contributed by atoms with Crippen LogP contribution in [0.4, 0.5) is 4.79 Å². The third kappa shape index (κ3) is 4.24. The lowest BCUT2D eigenvalue weighted by molar-refractivity contribution is 0.119. The van der Waals surface area contributed by atoms with Crippen LogP contribution < -0.4 is 5.32 Å². The number of aliphatic hydroxyl groups excluding tert-OH is 1. The molecule has 1 aliphatic carbocycles. The molecule has 3 nitrogen and oxygen atoms in total. The molecular weight excluding hydrogens is 206 g/mol. The number of hydrogen-bond acceptors (Lipinski definition) is 4. The van der Waals surface area contributed by atoms with Crippen LogP contribution in [0.25, 0.3) is 0 Å². The second-order valence-corrected chi connectivity index (χ2v) is 5.56. The summed E-state index contributed by atoms with van der Waals surface area (Å²) >= 11 is 0. The molecule has 0 spiro atoms. The summed E-state index contributed by atoms with van der Waals surface area (Å²) in [4.78, 5) is 11.2. The first-order valence-electron chi connectivity index (χ1n) is 4.41. The van der Waals surface area contributed by atoms with E-state index in [1.807, 2.05) is 6.26 Å². The van der Waals surface area contributed by atoms with E-state index < -0.39 is 0 Å². The number of hydrogen-bond donors (Lipinski definition) is 2. The molecule has 0 heterocycles. The average molecular weight is 221 g/mol. The molecule has 1 saturated carbocycles. The van der Waals surface area contributed by atoms with Crippen molar-refractivity contribution in [3.63, 3.8) is 0 Å². The van der Waals surface area contributed by atoms with Crippen molar-refractivity contribution in [2.24, 2.45) is 0 Å². The van der Waals surface area contributed by atoms with Gasteiger partial charge in [-0.05, 0) is 31.9 Å². The number of nitrogens with one attached hydrogen (secondary N) is 1. The van der Waals surface area contributed by atoms with Crippen molar-refractivity contribution in [2.45, 2.75) is 37.8 Å². The van der Waals surface area contributed by atoms with Gasteiger partial charge in [0.05, 0.1) is 6.10 Å². The summed E-state index contributed by atoms with van der Waals surface area (Å²) in [5.74, 6) is 0. The maximum Gasteiger partial charge on any atom is 0.289 e. The Kier molecular flexibility index (Phi) is 4.98. The van der Waals surface area contributed by atoms with Crippen molar-refractivity contribution >= 4 is 26.8 Å². The molecule has 2 N–H and O–H groups in total. The topological polar surface area (TPSA) is 49.3 Å². The van der Waals surface area contributed by atoms with Gasteiger partial charge in [0.1, 0.15) is 0 Å². The summed E-state index contributed by atoms with van der Waals surface area (Å²) in [6.45, 7) is 0. The molecule has 0 radical (unpaired) electrons. The molecule has 0 bridgehead atoms. The summed E-state index contributed by atoms with van der Waals surface area (Å²) in [6, 6.07) is 0.274. The van der Waals surface area contributed by atoms with Crippen LogP contribution in [0.3, 0.4) is 0 Å². The van der Waals surface area contributed by atoms with Gasteiger partial charge in [0.15, 0.2) is 0 Å². The number of carbonyl (C=O) groups is 1. The van der Waals surface area contributed by atoms with E-state index in [0.29, 0.717) is 0 Å². The Bertz CT molecular complexity index is 170. The van der Waals surface area contributed by atoms with Crippen LogP contribution in [0.1, 0.15) is 25.7 Å². The fourth-order valence-corrected chi connectivity index (χ4v) is 2.45. The van der Waals surface area contributed by atoms with Crippen LogP contribution in [0.2, 0.25) is 0 Å². The van der Waals surface area contributed by atoms with E-state index >= 15 is 0 Å². The van der Waals surface area contributed by atoms with Crippen LogP contribution in [0.5, 0.6) is 0 Å². The first kappa shape index (κ1) is 11.2. The summed E-state index contributed by atoms with van der Waals surface area (Å²) in [5.41, 5.74) is 0. The molecule has 1 aliphatic rings. The minimum Gasteiger partial charge on any atom is -0.393 e. The molecule has 1 amide bonds. The van der Waals surface area contributed by atoms with Gasteiger partial charge < -0.3 is 10.4 Å². The molecular formula is C8H15NO2S2. The average Bonchev–Trinajstić information content (AvgIpc) is 2.09. The zero-order chi connectivity index (χ0) is 9.68. The van der Waals surface area contributed by atoms with Gasteiger partial charge in [0.2, 0.25) is 0 Å². The minimum atomic E-state index is -0.152. The van der Waals surface area contributed by atoms with Gasteiger partial charge in [-0.1, -0.05) is 10.8 Å². The van der Waals surface area contributed by atoms with Crippen molar-refractivity contribution in [3.05, 3.63) is 0 Å². The Morgan fingerprint density at radius 3 is 2.54 bits per heavy atom. The SMILES string of the molecule is CSSC(=O)NC1CCC(O)CC1. The fourth-order valence-electron chi connectivity index (χ4n) is 1.49. The van der Waals surface area contributed by atoms with Crippen molar-refractivity contribution in [1.82, 2.24) is 5.32 Å². The first-order valence-corrected chi connectivity index (χ1v) is 6.97. The van der Waals surface area contributed by atoms with Gasteiger partial charge in [-0.2, -0.15) is 0 Å². The number of carbonyl (C=O) groups excluding carboxylic acids is 1. The molecule has 0 unspecified atom stereocenters. The predicted octanol–water partition coefficient (Wildman–Crippen LogP) is 2.01. The highest BCUT2D eigenvalue weighted by atomic mass is 33.1. The third-order valence-electron chi connectivity index (χ3n) is 2.18. The quantitative estimate of drug-likeness (QED) is 0.700. The van der Waals surface area contributed by atoms with Crippen LogP contribution in [0, 0.1) is 0 Å². The maximum atomic E-state index is 11.2. The first-order chi connectivity index (χ1) is 6.22. The summed E-state index contributed by atoms with van der Waals surface area (Å²) < 4.78 is 0. The molecule has 0 atom stereocenters. The smallest absolute Gasteiger partial charge is 0.289 e. The van der Waals surface area contributed by atoms with Gasteiger partial charge in [0.25, 0.3) is 5.24 Å². The second-order valence-electron chi connectivity index (χ2n) is 3.19. The minimum absolute atomic E-state index is 0.0360. The van der Waals surface area contributed by atoms with Crippen LogP contribution >= 0.6 is 21.6 Å². The van der Waals surface area contributed by atoms with Crippen molar-refractivity contribution in [3.8, 4) is 0 Å². The number of amides is 1. The summed E-state index contributed by atoms with van der Waals surface area (Å²) in [5, 5.41) is 12.2. The van der Waals surface area contributed by atoms with Gasteiger partial charge in [-0.15, -0.1) is 0 Å². The van der Waals surface area contributed by atoms with Crippen LogP contribution in [-0.2, 0) is 0 Å². The molecule has 0 aromatic carbocycles. The zero-order valence-corrected chi connectivity index (χ0v) is 9.29. The Hall–Kier alpha value is 0.130. The van der Waals surface area contributed by atoms with Crippen LogP contribution in [-0.4, -0.2) is 28.7 Å². The van der Waals surface area contributed by atoms with Gasteiger partial charge >= 0.3 is 0 Å². The molecule has 0 aliphatic heterocycles. The van der Waals surface area contributed by atoms with E-state index in [-0.39, 0.29) is 17.4 Å². The van der Waals surface area contributed by atoms with E-state index in [4.69, 9.17) is 0 Å². The number of aliphatic hydroxyl groups is 1. The lowest BCUT2D eigenvalue weighted by Gasteiger charge is -2.25. The Labute approximate surface area is 86.4 Å². The van der Waals surface area contributed by atoms with E-state index in [1.54, 1.807) is 0 Å².